The third-order valence-corrected chi connectivity index (χ3v) is 3.80. The molecule has 1 aromatic rings. The second-order valence-corrected chi connectivity index (χ2v) is 5.22. The van der Waals surface area contributed by atoms with Gasteiger partial charge in [-0.05, 0) is 30.5 Å². The minimum absolute atomic E-state index is 0.197. The molecule has 1 aliphatic rings. The van der Waals surface area contributed by atoms with Gasteiger partial charge in [0.2, 0.25) is 0 Å². The molecular weight excluding hydrogens is 235 g/mol. The fraction of sp³-hybridized carbons (Fsp3) is 0.462. The number of nitrogens with one attached hydrogen (secondary N) is 1. The molecule has 0 spiro atoms. The second kappa shape index (κ2) is 6.05. The number of rotatable bonds is 3. The SMILES string of the molecule is CCC1CCSC(=NCc2ccc(F)cc2)N1. The molecule has 1 aromatic carbocycles. The Kier molecular flexibility index (Phi) is 4.42. The average molecular weight is 252 g/mol. The molecule has 4 heteroatoms. The minimum Gasteiger partial charge on any atom is -0.362 e. The Morgan fingerprint density at radius 3 is 2.88 bits per heavy atom. The quantitative estimate of drug-likeness (QED) is 0.893. The Balaban J connectivity index is 1.93. The van der Waals surface area contributed by atoms with Crippen LogP contribution < -0.4 is 5.32 Å². The number of aliphatic imine (C=N–C) groups is 1. The van der Waals surface area contributed by atoms with E-state index in [1.54, 1.807) is 23.9 Å². The van der Waals surface area contributed by atoms with E-state index < -0.39 is 0 Å². The Morgan fingerprint density at radius 1 is 1.41 bits per heavy atom. The van der Waals surface area contributed by atoms with Gasteiger partial charge in [-0.15, -0.1) is 0 Å². The molecule has 0 aliphatic carbocycles. The van der Waals surface area contributed by atoms with Gasteiger partial charge < -0.3 is 5.32 Å². The molecule has 0 amide bonds. The van der Waals surface area contributed by atoms with Crippen LogP contribution in [0.2, 0.25) is 0 Å². The lowest BCUT2D eigenvalue weighted by Crippen LogP contribution is -2.37. The number of thioether (sulfide) groups is 1. The van der Waals surface area contributed by atoms with E-state index in [1.807, 2.05) is 0 Å². The standard InChI is InChI=1S/C13H17FN2S/c1-2-12-7-8-17-13(16-12)15-9-10-3-5-11(14)6-4-10/h3-6,12H,2,7-9H2,1H3,(H,15,16). The van der Waals surface area contributed by atoms with Crippen LogP contribution in [0.15, 0.2) is 29.3 Å². The summed E-state index contributed by atoms with van der Waals surface area (Å²) in [6.45, 7) is 2.80. The van der Waals surface area contributed by atoms with Gasteiger partial charge in [0.15, 0.2) is 5.17 Å². The molecule has 0 bridgehead atoms. The van der Waals surface area contributed by atoms with Crippen molar-refractivity contribution in [3.8, 4) is 0 Å². The summed E-state index contributed by atoms with van der Waals surface area (Å²) in [5.74, 6) is 0.936. The molecule has 2 rings (SSSR count). The summed E-state index contributed by atoms with van der Waals surface area (Å²) in [6.07, 6.45) is 2.34. The van der Waals surface area contributed by atoms with Crippen molar-refractivity contribution in [3.05, 3.63) is 35.6 Å². The van der Waals surface area contributed by atoms with Gasteiger partial charge in [0.25, 0.3) is 0 Å². The van der Waals surface area contributed by atoms with Crippen LogP contribution in [0.5, 0.6) is 0 Å². The van der Waals surface area contributed by atoms with E-state index in [4.69, 9.17) is 0 Å². The van der Waals surface area contributed by atoms with Gasteiger partial charge in [-0.25, -0.2) is 4.39 Å². The predicted molar refractivity (Wildman–Crippen MR) is 71.8 cm³/mol. The lowest BCUT2D eigenvalue weighted by Gasteiger charge is -2.24. The Hall–Kier alpha value is -1.03. The molecule has 1 fully saturated rings. The molecule has 1 heterocycles. The Morgan fingerprint density at radius 2 is 2.18 bits per heavy atom. The smallest absolute Gasteiger partial charge is 0.157 e. The number of nitrogens with zero attached hydrogens (tertiary/aromatic N) is 1. The summed E-state index contributed by atoms with van der Waals surface area (Å²) < 4.78 is 12.7. The maximum absolute atomic E-state index is 12.7. The minimum atomic E-state index is -0.197. The molecule has 1 aliphatic heterocycles. The first kappa shape index (κ1) is 12.4. The van der Waals surface area contributed by atoms with Crippen molar-refractivity contribution in [3.63, 3.8) is 0 Å². The van der Waals surface area contributed by atoms with Crippen LogP contribution in [0, 0.1) is 5.82 Å². The monoisotopic (exact) mass is 252 g/mol. The molecule has 1 unspecified atom stereocenters. The van der Waals surface area contributed by atoms with Crippen LogP contribution >= 0.6 is 11.8 Å². The van der Waals surface area contributed by atoms with E-state index in [9.17, 15) is 4.39 Å². The summed E-state index contributed by atoms with van der Waals surface area (Å²) in [7, 11) is 0. The van der Waals surface area contributed by atoms with Gasteiger partial charge in [0.1, 0.15) is 5.82 Å². The van der Waals surface area contributed by atoms with E-state index in [-0.39, 0.29) is 5.82 Å². The van der Waals surface area contributed by atoms with Crippen molar-refractivity contribution in [1.29, 1.82) is 0 Å². The highest BCUT2D eigenvalue weighted by atomic mass is 32.2. The first-order valence-corrected chi connectivity index (χ1v) is 6.94. The van der Waals surface area contributed by atoms with Crippen molar-refractivity contribution in [2.45, 2.75) is 32.4 Å². The van der Waals surface area contributed by atoms with Gasteiger partial charge in [-0.1, -0.05) is 30.8 Å². The molecule has 92 valence electrons. The summed E-state index contributed by atoms with van der Waals surface area (Å²) in [5.41, 5.74) is 1.04. The normalized spacial score (nSPS) is 22.5. The molecule has 1 N–H and O–H groups in total. The maximum atomic E-state index is 12.7. The van der Waals surface area contributed by atoms with Crippen LogP contribution in [-0.4, -0.2) is 17.0 Å². The van der Waals surface area contributed by atoms with E-state index in [2.05, 4.69) is 17.2 Å². The van der Waals surface area contributed by atoms with Crippen molar-refractivity contribution < 1.29 is 4.39 Å². The van der Waals surface area contributed by atoms with E-state index >= 15 is 0 Å². The fourth-order valence-corrected chi connectivity index (χ4v) is 2.74. The first-order valence-electron chi connectivity index (χ1n) is 5.96. The van der Waals surface area contributed by atoms with Crippen LogP contribution in [0.4, 0.5) is 4.39 Å². The Bertz CT molecular complexity index is 389. The van der Waals surface area contributed by atoms with Crippen LogP contribution in [0.25, 0.3) is 0 Å². The summed E-state index contributed by atoms with van der Waals surface area (Å²) in [4.78, 5) is 4.53. The first-order chi connectivity index (χ1) is 8.28. The number of benzene rings is 1. The summed E-state index contributed by atoms with van der Waals surface area (Å²) >= 11 is 1.77. The summed E-state index contributed by atoms with van der Waals surface area (Å²) in [5, 5.41) is 4.44. The molecule has 0 saturated carbocycles. The molecular formula is C13H17FN2S. The van der Waals surface area contributed by atoms with Crippen LogP contribution in [0.3, 0.4) is 0 Å². The predicted octanol–water partition coefficient (Wildman–Crippen LogP) is 3.19. The highest BCUT2D eigenvalue weighted by Gasteiger charge is 2.14. The Labute approximate surface area is 106 Å². The maximum Gasteiger partial charge on any atom is 0.157 e. The fourth-order valence-electron chi connectivity index (χ4n) is 1.74. The molecule has 17 heavy (non-hydrogen) atoms. The lowest BCUT2D eigenvalue weighted by atomic mass is 10.2. The largest absolute Gasteiger partial charge is 0.362 e. The average Bonchev–Trinajstić information content (AvgIpc) is 2.38. The number of hydrogen-bond donors (Lipinski definition) is 1. The van der Waals surface area contributed by atoms with Crippen molar-refractivity contribution in [2.75, 3.05) is 5.75 Å². The zero-order valence-electron chi connectivity index (χ0n) is 9.95. The second-order valence-electron chi connectivity index (χ2n) is 4.13. The van der Waals surface area contributed by atoms with Gasteiger partial charge in [0.05, 0.1) is 6.54 Å². The zero-order valence-corrected chi connectivity index (χ0v) is 10.8. The highest BCUT2D eigenvalue weighted by Crippen LogP contribution is 2.16. The number of amidine groups is 1. The van der Waals surface area contributed by atoms with Gasteiger partial charge in [-0.3, -0.25) is 4.99 Å². The number of halogens is 1. The van der Waals surface area contributed by atoms with E-state index in [0.717, 1.165) is 22.9 Å². The van der Waals surface area contributed by atoms with Crippen LogP contribution in [-0.2, 0) is 6.54 Å². The van der Waals surface area contributed by atoms with Crippen molar-refractivity contribution >= 4 is 16.9 Å². The molecule has 0 radical (unpaired) electrons. The molecule has 0 aromatic heterocycles. The van der Waals surface area contributed by atoms with Crippen LogP contribution in [0.1, 0.15) is 25.3 Å². The van der Waals surface area contributed by atoms with Crippen molar-refractivity contribution in [1.82, 2.24) is 5.32 Å². The zero-order chi connectivity index (χ0) is 12.1. The lowest BCUT2D eigenvalue weighted by molar-refractivity contribution is 0.570. The topological polar surface area (TPSA) is 24.4 Å². The van der Waals surface area contributed by atoms with Gasteiger partial charge in [0, 0.05) is 11.8 Å². The molecule has 1 atom stereocenters. The van der Waals surface area contributed by atoms with Gasteiger partial charge in [-0.2, -0.15) is 0 Å². The van der Waals surface area contributed by atoms with Gasteiger partial charge >= 0.3 is 0 Å². The summed E-state index contributed by atoms with van der Waals surface area (Å²) in [6, 6.07) is 7.08. The van der Waals surface area contributed by atoms with E-state index in [0.29, 0.717) is 12.6 Å². The number of hydrogen-bond acceptors (Lipinski definition) is 2. The van der Waals surface area contributed by atoms with E-state index in [1.165, 1.54) is 18.6 Å². The highest BCUT2D eigenvalue weighted by molar-refractivity contribution is 8.13. The molecule has 2 nitrogen and oxygen atoms in total. The third kappa shape index (κ3) is 3.73. The van der Waals surface area contributed by atoms with Crippen molar-refractivity contribution in [2.24, 2.45) is 4.99 Å². The third-order valence-electron chi connectivity index (χ3n) is 2.84. The molecule has 1 saturated heterocycles.